The zero-order chi connectivity index (χ0) is 13.2. The van der Waals surface area contributed by atoms with E-state index in [4.69, 9.17) is 5.26 Å². The van der Waals surface area contributed by atoms with Gasteiger partial charge in [0.25, 0.3) is 0 Å². The minimum atomic E-state index is -0.663. The Balaban J connectivity index is 2.11. The van der Waals surface area contributed by atoms with E-state index in [0.717, 1.165) is 31.5 Å². The van der Waals surface area contributed by atoms with E-state index >= 15 is 0 Å². The Kier molecular flexibility index (Phi) is 3.70. The van der Waals surface area contributed by atoms with E-state index in [1.165, 1.54) is 0 Å². The van der Waals surface area contributed by atoms with E-state index in [2.05, 4.69) is 11.0 Å². The van der Waals surface area contributed by atoms with Crippen LogP contribution < -0.4 is 0 Å². The number of rotatable bonds is 3. The van der Waals surface area contributed by atoms with Gasteiger partial charge >= 0.3 is 0 Å². The molecular weight excluding hydrogens is 224 g/mol. The smallest absolute Gasteiger partial charge is 0.0991 e. The normalized spacial score (nSPS) is 20.9. The molecule has 1 saturated heterocycles. The number of hydrogen-bond donors (Lipinski definition) is 1. The molecule has 0 aromatic heterocycles. The van der Waals surface area contributed by atoms with Crippen LogP contribution in [0.4, 0.5) is 0 Å². The number of nitriles is 1. The van der Waals surface area contributed by atoms with Crippen molar-refractivity contribution in [1.82, 2.24) is 4.90 Å². The summed E-state index contributed by atoms with van der Waals surface area (Å²) in [6.45, 7) is 5.58. The molecule has 96 valence electrons. The van der Waals surface area contributed by atoms with Gasteiger partial charge in [-0.25, -0.2) is 0 Å². The van der Waals surface area contributed by atoms with Crippen LogP contribution in [-0.4, -0.2) is 28.2 Å². The van der Waals surface area contributed by atoms with Crippen LogP contribution in [0.5, 0.6) is 0 Å². The minimum absolute atomic E-state index is 0.211. The Morgan fingerprint density at radius 2 is 2.28 bits per heavy atom. The topological polar surface area (TPSA) is 47.3 Å². The number of nitrogens with zero attached hydrogens (tertiary/aromatic N) is 2. The molecule has 3 heteroatoms. The van der Waals surface area contributed by atoms with Gasteiger partial charge in [0.15, 0.2) is 0 Å². The first-order valence-electron chi connectivity index (χ1n) is 6.46. The molecule has 0 aliphatic carbocycles. The standard InChI is InChI=1S/C15H20N2O/c1-15(2,18)14-7-4-8-17(14)11-13-6-3-5-12(9-13)10-16/h3,5-6,9,14,18H,4,7-8,11H2,1-2H3. The second kappa shape index (κ2) is 5.09. The van der Waals surface area contributed by atoms with Gasteiger partial charge in [-0.05, 0) is 50.9 Å². The Morgan fingerprint density at radius 1 is 1.50 bits per heavy atom. The lowest BCUT2D eigenvalue weighted by Gasteiger charge is -2.33. The minimum Gasteiger partial charge on any atom is -0.389 e. The molecule has 1 fully saturated rings. The lowest BCUT2D eigenvalue weighted by Crippen LogP contribution is -2.45. The van der Waals surface area contributed by atoms with Crippen molar-refractivity contribution < 1.29 is 5.11 Å². The fourth-order valence-corrected chi connectivity index (χ4v) is 2.79. The van der Waals surface area contributed by atoms with Gasteiger partial charge in [-0.15, -0.1) is 0 Å². The third-order valence-corrected chi connectivity index (χ3v) is 3.62. The molecule has 3 nitrogen and oxygen atoms in total. The number of likely N-dealkylation sites (tertiary alicyclic amines) is 1. The quantitative estimate of drug-likeness (QED) is 0.887. The van der Waals surface area contributed by atoms with Gasteiger partial charge in [0, 0.05) is 12.6 Å². The van der Waals surface area contributed by atoms with Crippen LogP contribution in [0, 0.1) is 11.3 Å². The van der Waals surface area contributed by atoms with Crippen molar-refractivity contribution in [3.8, 4) is 6.07 Å². The summed E-state index contributed by atoms with van der Waals surface area (Å²) >= 11 is 0. The Bertz CT molecular complexity index is 456. The van der Waals surface area contributed by atoms with Gasteiger partial charge in [0.1, 0.15) is 0 Å². The molecule has 2 rings (SSSR count). The molecule has 0 radical (unpaired) electrons. The van der Waals surface area contributed by atoms with Crippen molar-refractivity contribution in [2.24, 2.45) is 0 Å². The van der Waals surface area contributed by atoms with Crippen LogP contribution in [0.25, 0.3) is 0 Å². The van der Waals surface area contributed by atoms with Crippen molar-refractivity contribution in [2.45, 2.75) is 44.9 Å². The molecule has 0 saturated carbocycles. The van der Waals surface area contributed by atoms with Gasteiger partial charge in [-0.2, -0.15) is 5.26 Å². The number of benzene rings is 1. The molecule has 1 aliphatic heterocycles. The van der Waals surface area contributed by atoms with E-state index in [1.807, 2.05) is 38.1 Å². The molecule has 1 atom stereocenters. The molecule has 1 aromatic rings. The molecule has 1 N–H and O–H groups in total. The largest absolute Gasteiger partial charge is 0.389 e. The molecule has 0 bridgehead atoms. The first kappa shape index (κ1) is 13.1. The molecule has 1 heterocycles. The second-order valence-electron chi connectivity index (χ2n) is 5.59. The van der Waals surface area contributed by atoms with E-state index < -0.39 is 5.60 Å². The van der Waals surface area contributed by atoms with Crippen LogP contribution >= 0.6 is 0 Å². The maximum absolute atomic E-state index is 10.2. The molecule has 1 aromatic carbocycles. The van der Waals surface area contributed by atoms with Crippen molar-refractivity contribution in [3.63, 3.8) is 0 Å². The van der Waals surface area contributed by atoms with Crippen LogP contribution in [0.15, 0.2) is 24.3 Å². The third kappa shape index (κ3) is 2.90. The van der Waals surface area contributed by atoms with Gasteiger partial charge in [0.05, 0.1) is 17.2 Å². The first-order valence-corrected chi connectivity index (χ1v) is 6.46. The second-order valence-corrected chi connectivity index (χ2v) is 5.59. The predicted molar refractivity (Wildman–Crippen MR) is 70.9 cm³/mol. The van der Waals surface area contributed by atoms with Gasteiger partial charge in [-0.1, -0.05) is 12.1 Å². The zero-order valence-electron chi connectivity index (χ0n) is 11.1. The van der Waals surface area contributed by atoms with Crippen LogP contribution in [0.2, 0.25) is 0 Å². The maximum atomic E-state index is 10.2. The lowest BCUT2D eigenvalue weighted by atomic mass is 9.96. The fraction of sp³-hybridized carbons (Fsp3) is 0.533. The van der Waals surface area contributed by atoms with Crippen LogP contribution in [0.1, 0.15) is 37.8 Å². The fourth-order valence-electron chi connectivity index (χ4n) is 2.79. The molecule has 1 unspecified atom stereocenters. The summed E-state index contributed by atoms with van der Waals surface area (Å²) in [5.41, 5.74) is 1.18. The highest BCUT2D eigenvalue weighted by Crippen LogP contribution is 2.28. The highest BCUT2D eigenvalue weighted by Gasteiger charge is 2.35. The SMILES string of the molecule is CC(C)(O)C1CCCN1Cc1cccc(C#N)c1. The van der Waals surface area contributed by atoms with E-state index in [-0.39, 0.29) is 6.04 Å². The Morgan fingerprint density at radius 3 is 2.94 bits per heavy atom. The number of aliphatic hydroxyl groups is 1. The predicted octanol–water partition coefficient (Wildman–Crippen LogP) is 2.29. The summed E-state index contributed by atoms with van der Waals surface area (Å²) in [5, 5.41) is 19.1. The third-order valence-electron chi connectivity index (χ3n) is 3.62. The van der Waals surface area contributed by atoms with Crippen LogP contribution in [-0.2, 0) is 6.54 Å². The lowest BCUT2D eigenvalue weighted by molar-refractivity contribution is -0.00501. The van der Waals surface area contributed by atoms with Crippen LogP contribution in [0.3, 0.4) is 0 Å². The summed E-state index contributed by atoms with van der Waals surface area (Å²) in [5.74, 6) is 0. The van der Waals surface area contributed by atoms with E-state index in [9.17, 15) is 5.11 Å². The van der Waals surface area contributed by atoms with Crippen molar-refractivity contribution in [1.29, 1.82) is 5.26 Å². The molecule has 0 spiro atoms. The number of hydrogen-bond acceptors (Lipinski definition) is 3. The molecule has 18 heavy (non-hydrogen) atoms. The molecule has 1 aliphatic rings. The van der Waals surface area contributed by atoms with Gasteiger partial charge in [0.2, 0.25) is 0 Å². The maximum Gasteiger partial charge on any atom is 0.0991 e. The highest BCUT2D eigenvalue weighted by molar-refractivity contribution is 5.32. The summed E-state index contributed by atoms with van der Waals surface area (Å²) in [4.78, 5) is 2.32. The summed E-state index contributed by atoms with van der Waals surface area (Å²) in [6.07, 6.45) is 2.17. The van der Waals surface area contributed by atoms with E-state index in [1.54, 1.807) is 0 Å². The van der Waals surface area contributed by atoms with Gasteiger partial charge < -0.3 is 5.11 Å². The van der Waals surface area contributed by atoms with Crippen molar-refractivity contribution >= 4 is 0 Å². The molecule has 0 amide bonds. The Hall–Kier alpha value is -1.37. The Labute approximate surface area is 109 Å². The average molecular weight is 244 g/mol. The summed E-state index contributed by atoms with van der Waals surface area (Å²) in [7, 11) is 0. The van der Waals surface area contributed by atoms with Gasteiger partial charge in [-0.3, -0.25) is 4.90 Å². The first-order chi connectivity index (χ1) is 8.50. The average Bonchev–Trinajstić information content (AvgIpc) is 2.77. The van der Waals surface area contributed by atoms with Crippen molar-refractivity contribution in [3.05, 3.63) is 35.4 Å². The summed E-state index contributed by atoms with van der Waals surface area (Å²) < 4.78 is 0. The molecular formula is C15H20N2O. The highest BCUT2D eigenvalue weighted by atomic mass is 16.3. The van der Waals surface area contributed by atoms with E-state index in [0.29, 0.717) is 5.56 Å². The van der Waals surface area contributed by atoms with Crippen molar-refractivity contribution in [2.75, 3.05) is 6.54 Å². The monoisotopic (exact) mass is 244 g/mol. The zero-order valence-corrected chi connectivity index (χ0v) is 11.1. The summed E-state index contributed by atoms with van der Waals surface area (Å²) in [6, 6.07) is 10.1.